The summed E-state index contributed by atoms with van der Waals surface area (Å²) in [6.45, 7) is 1.84. The molecule has 0 spiro atoms. The summed E-state index contributed by atoms with van der Waals surface area (Å²) in [5, 5.41) is 5.86. The van der Waals surface area contributed by atoms with Crippen molar-refractivity contribution in [2.75, 3.05) is 5.32 Å². The van der Waals surface area contributed by atoms with E-state index in [-0.39, 0.29) is 17.5 Å². The summed E-state index contributed by atoms with van der Waals surface area (Å²) in [4.78, 5) is 25.1. The molecule has 5 heteroatoms. The van der Waals surface area contributed by atoms with Crippen LogP contribution in [-0.4, -0.2) is 17.9 Å². The molecule has 0 heterocycles. The number of carbonyl (C=O) groups is 2. The maximum absolute atomic E-state index is 13.8. The van der Waals surface area contributed by atoms with Crippen LogP contribution in [0.2, 0.25) is 0 Å². The minimum atomic E-state index is -0.573. The van der Waals surface area contributed by atoms with Crippen LogP contribution in [0.3, 0.4) is 0 Å². The number of hydrogen-bond acceptors (Lipinski definition) is 2. The Labute approximate surface area is 165 Å². The first-order valence-corrected chi connectivity index (χ1v) is 10.0. The minimum Gasteiger partial charge on any atom is -0.349 e. The average molecular weight is 382 g/mol. The molecule has 28 heavy (non-hydrogen) atoms. The first-order valence-electron chi connectivity index (χ1n) is 10.0. The number of aryl methyl sites for hydroxylation is 1. The van der Waals surface area contributed by atoms with Crippen LogP contribution in [0.5, 0.6) is 0 Å². The van der Waals surface area contributed by atoms with Crippen molar-refractivity contribution >= 4 is 17.5 Å². The highest BCUT2D eigenvalue weighted by Gasteiger charge is 2.17. The van der Waals surface area contributed by atoms with Gasteiger partial charge in [0.2, 0.25) is 0 Å². The van der Waals surface area contributed by atoms with Crippen molar-refractivity contribution < 1.29 is 14.0 Å². The third-order valence-corrected chi connectivity index (χ3v) is 5.31. The van der Waals surface area contributed by atoms with Crippen LogP contribution < -0.4 is 10.6 Å². The largest absolute Gasteiger partial charge is 0.349 e. The molecule has 0 radical (unpaired) electrons. The van der Waals surface area contributed by atoms with Gasteiger partial charge in [-0.1, -0.05) is 50.3 Å². The highest BCUT2D eigenvalue weighted by Crippen LogP contribution is 2.21. The van der Waals surface area contributed by atoms with Gasteiger partial charge in [0.05, 0.1) is 5.56 Å². The number of benzene rings is 2. The normalized spacial score (nSPS) is 15.4. The van der Waals surface area contributed by atoms with E-state index < -0.39 is 11.7 Å². The Balaban J connectivity index is 1.70. The van der Waals surface area contributed by atoms with Gasteiger partial charge in [0, 0.05) is 17.3 Å². The van der Waals surface area contributed by atoms with Crippen LogP contribution in [0, 0.1) is 12.7 Å². The smallest absolute Gasteiger partial charge is 0.258 e. The summed E-state index contributed by atoms with van der Waals surface area (Å²) in [5.74, 6) is -1.23. The summed E-state index contributed by atoms with van der Waals surface area (Å²) >= 11 is 0. The van der Waals surface area contributed by atoms with Gasteiger partial charge in [-0.25, -0.2) is 4.39 Å². The lowest BCUT2D eigenvalue weighted by Gasteiger charge is -2.21. The number of nitrogens with one attached hydrogen (secondary N) is 2. The van der Waals surface area contributed by atoms with E-state index in [0.717, 1.165) is 31.2 Å². The Morgan fingerprint density at radius 3 is 2.32 bits per heavy atom. The van der Waals surface area contributed by atoms with Gasteiger partial charge in [0.25, 0.3) is 11.8 Å². The Hall–Kier alpha value is -2.69. The van der Waals surface area contributed by atoms with Gasteiger partial charge >= 0.3 is 0 Å². The number of anilines is 1. The average Bonchev–Trinajstić information content (AvgIpc) is 2.65. The predicted molar refractivity (Wildman–Crippen MR) is 109 cm³/mol. The molecule has 1 aliphatic rings. The summed E-state index contributed by atoms with van der Waals surface area (Å²) in [6, 6.07) is 11.3. The van der Waals surface area contributed by atoms with E-state index >= 15 is 0 Å². The second-order valence-corrected chi connectivity index (χ2v) is 7.48. The van der Waals surface area contributed by atoms with Crippen molar-refractivity contribution in [3.8, 4) is 0 Å². The van der Waals surface area contributed by atoms with Crippen molar-refractivity contribution in [1.82, 2.24) is 5.32 Å². The molecule has 2 amide bonds. The molecule has 0 aliphatic heterocycles. The molecule has 1 fully saturated rings. The monoisotopic (exact) mass is 382 g/mol. The van der Waals surface area contributed by atoms with Gasteiger partial charge in [0.1, 0.15) is 5.82 Å². The standard InChI is InChI=1S/C23H27FN2O2/c1-16-13-14-17(22(27)25-18-9-5-3-2-4-6-10-18)15-21(16)26-23(28)19-11-7-8-12-20(19)24/h7-8,11-15,18H,2-6,9-10H2,1H3,(H,25,27)(H,26,28). The molecule has 148 valence electrons. The molecular formula is C23H27FN2O2. The fraction of sp³-hybridized carbons (Fsp3) is 0.391. The molecule has 0 saturated heterocycles. The van der Waals surface area contributed by atoms with Gasteiger partial charge in [-0.05, 0) is 49.6 Å². The van der Waals surface area contributed by atoms with Gasteiger partial charge in [0.15, 0.2) is 0 Å². The van der Waals surface area contributed by atoms with E-state index in [1.54, 1.807) is 24.3 Å². The molecule has 0 unspecified atom stereocenters. The van der Waals surface area contributed by atoms with E-state index in [0.29, 0.717) is 11.3 Å². The number of carbonyl (C=O) groups excluding carboxylic acids is 2. The topological polar surface area (TPSA) is 58.2 Å². The lowest BCUT2D eigenvalue weighted by molar-refractivity contribution is 0.0929. The lowest BCUT2D eigenvalue weighted by atomic mass is 9.96. The van der Waals surface area contributed by atoms with Gasteiger partial charge in [-0.15, -0.1) is 0 Å². The highest BCUT2D eigenvalue weighted by molar-refractivity contribution is 6.05. The summed E-state index contributed by atoms with van der Waals surface area (Å²) < 4.78 is 13.8. The molecular weight excluding hydrogens is 355 g/mol. The van der Waals surface area contributed by atoms with E-state index in [1.165, 1.54) is 37.5 Å². The molecule has 2 N–H and O–H groups in total. The first-order chi connectivity index (χ1) is 13.5. The van der Waals surface area contributed by atoms with E-state index in [2.05, 4.69) is 10.6 Å². The zero-order chi connectivity index (χ0) is 19.9. The van der Waals surface area contributed by atoms with Crippen LogP contribution in [0.1, 0.15) is 71.2 Å². The molecule has 2 aromatic rings. The highest BCUT2D eigenvalue weighted by atomic mass is 19.1. The molecule has 0 atom stereocenters. The van der Waals surface area contributed by atoms with E-state index in [1.807, 2.05) is 6.92 Å². The Bertz CT molecular complexity index is 842. The van der Waals surface area contributed by atoms with Crippen LogP contribution >= 0.6 is 0 Å². The minimum absolute atomic E-state index is 0.0220. The van der Waals surface area contributed by atoms with E-state index in [4.69, 9.17) is 0 Å². The fourth-order valence-electron chi connectivity index (χ4n) is 3.60. The zero-order valence-corrected chi connectivity index (χ0v) is 16.3. The van der Waals surface area contributed by atoms with Gasteiger partial charge in [-0.3, -0.25) is 9.59 Å². The Morgan fingerprint density at radius 2 is 1.61 bits per heavy atom. The maximum atomic E-state index is 13.8. The summed E-state index contributed by atoms with van der Waals surface area (Å²) in [7, 11) is 0. The first kappa shape index (κ1) is 20.1. The predicted octanol–water partition coefficient (Wildman–Crippen LogP) is 5.23. The molecule has 0 aromatic heterocycles. The fourth-order valence-corrected chi connectivity index (χ4v) is 3.60. The molecule has 1 saturated carbocycles. The third-order valence-electron chi connectivity index (χ3n) is 5.31. The van der Waals surface area contributed by atoms with Crippen molar-refractivity contribution in [2.45, 2.75) is 57.9 Å². The van der Waals surface area contributed by atoms with E-state index in [9.17, 15) is 14.0 Å². The van der Waals surface area contributed by atoms with Crippen LogP contribution in [0.4, 0.5) is 10.1 Å². The van der Waals surface area contributed by atoms with Crippen LogP contribution in [0.25, 0.3) is 0 Å². The molecule has 3 rings (SSSR count). The Morgan fingerprint density at radius 1 is 0.929 bits per heavy atom. The molecule has 0 bridgehead atoms. The second kappa shape index (κ2) is 9.49. The molecule has 1 aliphatic carbocycles. The quantitative estimate of drug-likeness (QED) is 0.761. The van der Waals surface area contributed by atoms with Crippen molar-refractivity contribution in [1.29, 1.82) is 0 Å². The number of amides is 2. The van der Waals surface area contributed by atoms with Crippen molar-refractivity contribution in [2.24, 2.45) is 0 Å². The van der Waals surface area contributed by atoms with Gasteiger partial charge < -0.3 is 10.6 Å². The van der Waals surface area contributed by atoms with Crippen molar-refractivity contribution in [3.63, 3.8) is 0 Å². The number of hydrogen-bond donors (Lipinski definition) is 2. The lowest BCUT2D eigenvalue weighted by Crippen LogP contribution is -2.35. The summed E-state index contributed by atoms with van der Waals surface area (Å²) in [6.07, 6.45) is 8.03. The second-order valence-electron chi connectivity index (χ2n) is 7.48. The van der Waals surface area contributed by atoms with Crippen LogP contribution in [-0.2, 0) is 0 Å². The molecule has 2 aromatic carbocycles. The Kier molecular flexibility index (Phi) is 6.80. The number of rotatable bonds is 4. The molecule has 4 nitrogen and oxygen atoms in total. The third kappa shape index (κ3) is 5.18. The van der Waals surface area contributed by atoms with Gasteiger partial charge in [-0.2, -0.15) is 0 Å². The zero-order valence-electron chi connectivity index (χ0n) is 16.3. The SMILES string of the molecule is Cc1ccc(C(=O)NC2CCCCCCC2)cc1NC(=O)c1ccccc1F. The van der Waals surface area contributed by atoms with Crippen molar-refractivity contribution in [3.05, 3.63) is 65.0 Å². The summed E-state index contributed by atoms with van der Waals surface area (Å²) in [5.41, 5.74) is 1.80. The number of halogens is 1. The van der Waals surface area contributed by atoms with Crippen LogP contribution in [0.15, 0.2) is 42.5 Å². The maximum Gasteiger partial charge on any atom is 0.258 e.